The molecule has 1 saturated heterocycles. The number of ether oxygens (including phenoxy) is 1. The number of hydrogen-bond donors (Lipinski definition) is 1. The Morgan fingerprint density at radius 1 is 1.35 bits per heavy atom. The van der Waals surface area contributed by atoms with Gasteiger partial charge in [-0.1, -0.05) is 0 Å². The number of carbonyl (C=O) groups is 1. The number of nitrogens with zero attached hydrogens (tertiary/aromatic N) is 1. The molecule has 0 spiro atoms. The zero-order chi connectivity index (χ0) is 12.1. The molecule has 92 valence electrons. The molecular formula is C12H16N2O3. The first-order chi connectivity index (χ1) is 8.24. The first-order valence-electron chi connectivity index (χ1n) is 5.77. The highest BCUT2D eigenvalue weighted by molar-refractivity contribution is 5.76. The number of aromatic nitrogens is 1. The van der Waals surface area contributed by atoms with Crippen LogP contribution in [0.3, 0.4) is 0 Å². The lowest BCUT2D eigenvalue weighted by Crippen LogP contribution is -2.40. The Balaban J connectivity index is 1.84. The topological polar surface area (TPSA) is 60.3 Å². The van der Waals surface area contributed by atoms with E-state index >= 15 is 0 Å². The van der Waals surface area contributed by atoms with Gasteiger partial charge in [0.2, 0.25) is 5.91 Å². The fourth-order valence-corrected chi connectivity index (χ4v) is 1.83. The molecule has 0 bridgehead atoms. The van der Waals surface area contributed by atoms with Crippen molar-refractivity contribution in [3.8, 4) is 0 Å². The third kappa shape index (κ3) is 3.71. The van der Waals surface area contributed by atoms with Gasteiger partial charge in [-0.25, -0.2) is 0 Å². The lowest BCUT2D eigenvalue weighted by molar-refractivity contribution is -0.122. The molecule has 0 unspecified atom stereocenters. The third-order valence-electron chi connectivity index (χ3n) is 2.77. The molecule has 1 N–H and O–H groups in total. The molecule has 17 heavy (non-hydrogen) atoms. The molecule has 0 atom stereocenters. The molecule has 0 radical (unpaired) electrons. The Bertz CT molecular complexity index is 415. The molecule has 0 aliphatic carbocycles. The zero-order valence-electron chi connectivity index (χ0n) is 9.59. The van der Waals surface area contributed by atoms with Gasteiger partial charge in [0.15, 0.2) is 5.43 Å². The summed E-state index contributed by atoms with van der Waals surface area (Å²) in [6.07, 6.45) is 4.98. The summed E-state index contributed by atoms with van der Waals surface area (Å²) in [6.45, 7) is 1.67. The van der Waals surface area contributed by atoms with Gasteiger partial charge < -0.3 is 14.6 Å². The molecule has 2 heterocycles. The monoisotopic (exact) mass is 236 g/mol. The molecule has 1 amide bonds. The van der Waals surface area contributed by atoms with Crippen LogP contribution < -0.4 is 10.7 Å². The van der Waals surface area contributed by atoms with Crippen LogP contribution in [0.5, 0.6) is 0 Å². The van der Waals surface area contributed by atoms with E-state index in [1.165, 1.54) is 12.1 Å². The molecule has 1 fully saturated rings. The second-order valence-electron chi connectivity index (χ2n) is 4.16. The maximum Gasteiger partial charge on any atom is 0.240 e. The Labute approximate surface area is 99.4 Å². The Kier molecular flexibility index (Phi) is 3.93. The molecule has 1 aromatic rings. The summed E-state index contributed by atoms with van der Waals surface area (Å²) >= 11 is 0. The summed E-state index contributed by atoms with van der Waals surface area (Å²) in [5, 5.41) is 2.96. The highest BCUT2D eigenvalue weighted by Crippen LogP contribution is 2.05. The van der Waals surface area contributed by atoms with E-state index < -0.39 is 0 Å². The average Bonchev–Trinajstić information content (AvgIpc) is 2.33. The molecule has 2 rings (SSSR count). The minimum Gasteiger partial charge on any atom is -0.381 e. The summed E-state index contributed by atoms with van der Waals surface area (Å²) < 4.78 is 6.91. The van der Waals surface area contributed by atoms with E-state index in [4.69, 9.17) is 4.74 Å². The SMILES string of the molecule is O=C(Cn1ccc(=O)cc1)NC1CCOCC1. The van der Waals surface area contributed by atoms with Gasteiger partial charge in [-0.05, 0) is 12.8 Å². The largest absolute Gasteiger partial charge is 0.381 e. The van der Waals surface area contributed by atoms with Gasteiger partial charge in [-0.2, -0.15) is 0 Å². The number of amides is 1. The molecular weight excluding hydrogens is 220 g/mol. The minimum absolute atomic E-state index is 0.0273. The van der Waals surface area contributed by atoms with Crippen molar-refractivity contribution in [1.82, 2.24) is 9.88 Å². The Hall–Kier alpha value is -1.62. The normalized spacial score (nSPS) is 16.7. The van der Waals surface area contributed by atoms with Crippen LogP contribution in [0.1, 0.15) is 12.8 Å². The summed E-state index contributed by atoms with van der Waals surface area (Å²) in [5.74, 6) is -0.0273. The highest BCUT2D eigenvalue weighted by atomic mass is 16.5. The van der Waals surface area contributed by atoms with Gasteiger partial charge in [-0.15, -0.1) is 0 Å². The van der Waals surface area contributed by atoms with Crippen LogP contribution in [0.15, 0.2) is 29.3 Å². The fraction of sp³-hybridized carbons (Fsp3) is 0.500. The zero-order valence-corrected chi connectivity index (χ0v) is 9.59. The van der Waals surface area contributed by atoms with E-state index in [9.17, 15) is 9.59 Å². The number of rotatable bonds is 3. The molecule has 0 saturated carbocycles. The molecule has 5 heteroatoms. The van der Waals surface area contributed by atoms with E-state index in [1.807, 2.05) is 0 Å². The Morgan fingerprint density at radius 3 is 2.65 bits per heavy atom. The predicted octanol–water partition coefficient (Wildman–Crippen LogP) is 0.143. The van der Waals surface area contributed by atoms with Crippen LogP contribution in [0.4, 0.5) is 0 Å². The van der Waals surface area contributed by atoms with Crippen LogP contribution in [-0.2, 0) is 16.1 Å². The van der Waals surface area contributed by atoms with Gasteiger partial charge in [-0.3, -0.25) is 9.59 Å². The van der Waals surface area contributed by atoms with Gasteiger partial charge >= 0.3 is 0 Å². The summed E-state index contributed by atoms with van der Waals surface area (Å²) in [5.41, 5.74) is -0.0499. The van der Waals surface area contributed by atoms with Crippen molar-refractivity contribution >= 4 is 5.91 Å². The minimum atomic E-state index is -0.0499. The summed E-state index contributed by atoms with van der Waals surface area (Å²) in [6, 6.07) is 3.11. The van der Waals surface area contributed by atoms with Crippen molar-refractivity contribution in [3.63, 3.8) is 0 Å². The quantitative estimate of drug-likeness (QED) is 0.812. The van der Waals surface area contributed by atoms with Crippen molar-refractivity contribution in [1.29, 1.82) is 0 Å². The van der Waals surface area contributed by atoms with E-state index in [0.29, 0.717) is 13.2 Å². The van der Waals surface area contributed by atoms with Crippen LogP contribution >= 0.6 is 0 Å². The predicted molar refractivity (Wildman–Crippen MR) is 62.7 cm³/mol. The lowest BCUT2D eigenvalue weighted by atomic mass is 10.1. The van der Waals surface area contributed by atoms with E-state index in [1.54, 1.807) is 17.0 Å². The number of pyridine rings is 1. The van der Waals surface area contributed by atoms with Crippen LogP contribution in [0, 0.1) is 0 Å². The highest BCUT2D eigenvalue weighted by Gasteiger charge is 2.15. The number of carbonyl (C=O) groups excluding carboxylic acids is 1. The standard InChI is InChI=1S/C12H16N2O3/c15-11-1-5-14(6-2-11)9-12(16)13-10-3-7-17-8-4-10/h1-2,5-6,10H,3-4,7-9H2,(H,13,16). The lowest BCUT2D eigenvalue weighted by Gasteiger charge is -2.23. The summed E-state index contributed by atoms with van der Waals surface area (Å²) in [7, 11) is 0. The first kappa shape index (κ1) is 11.9. The van der Waals surface area contributed by atoms with Crippen molar-refractivity contribution in [3.05, 3.63) is 34.7 Å². The smallest absolute Gasteiger partial charge is 0.240 e. The average molecular weight is 236 g/mol. The van der Waals surface area contributed by atoms with Crippen molar-refractivity contribution in [2.24, 2.45) is 0 Å². The van der Waals surface area contributed by atoms with Crippen LogP contribution in [0.2, 0.25) is 0 Å². The number of nitrogens with one attached hydrogen (secondary N) is 1. The molecule has 0 aromatic carbocycles. The van der Waals surface area contributed by atoms with Gasteiger partial charge in [0.05, 0.1) is 0 Å². The maximum atomic E-state index is 11.7. The van der Waals surface area contributed by atoms with Gasteiger partial charge in [0.25, 0.3) is 0 Å². The molecule has 1 aliphatic rings. The second-order valence-corrected chi connectivity index (χ2v) is 4.16. The summed E-state index contributed by atoms with van der Waals surface area (Å²) in [4.78, 5) is 22.6. The second kappa shape index (κ2) is 5.63. The maximum absolute atomic E-state index is 11.7. The fourth-order valence-electron chi connectivity index (χ4n) is 1.83. The van der Waals surface area contributed by atoms with E-state index in [2.05, 4.69) is 5.32 Å². The molecule has 1 aliphatic heterocycles. The van der Waals surface area contributed by atoms with Crippen molar-refractivity contribution in [2.75, 3.05) is 13.2 Å². The van der Waals surface area contributed by atoms with E-state index in [-0.39, 0.29) is 23.9 Å². The first-order valence-corrected chi connectivity index (χ1v) is 5.77. The van der Waals surface area contributed by atoms with Crippen LogP contribution in [0.25, 0.3) is 0 Å². The van der Waals surface area contributed by atoms with Gasteiger partial charge in [0, 0.05) is 43.8 Å². The van der Waals surface area contributed by atoms with Crippen LogP contribution in [-0.4, -0.2) is 29.7 Å². The van der Waals surface area contributed by atoms with Crippen molar-refractivity contribution in [2.45, 2.75) is 25.4 Å². The molecule has 1 aromatic heterocycles. The molecule has 5 nitrogen and oxygen atoms in total. The third-order valence-corrected chi connectivity index (χ3v) is 2.77. The Morgan fingerprint density at radius 2 is 2.00 bits per heavy atom. The number of hydrogen-bond acceptors (Lipinski definition) is 3. The van der Waals surface area contributed by atoms with E-state index in [0.717, 1.165) is 12.8 Å². The van der Waals surface area contributed by atoms with Gasteiger partial charge in [0.1, 0.15) is 6.54 Å². The van der Waals surface area contributed by atoms with Crippen molar-refractivity contribution < 1.29 is 9.53 Å².